The average Bonchev–Trinajstić information content (AvgIpc) is 3.07. The number of nitrogens with zero attached hydrogens (tertiary/aromatic N) is 2. The van der Waals surface area contributed by atoms with Gasteiger partial charge in [0.1, 0.15) is 5.60 Å². The molecule has 0 amide bonds. The average molecular weight is 351 g/mol. The Labute approximate surface area is 157 Å². The molecule has 3 heteroatoms. The molecule has 0 saturated carbocycles. The summed E-state index contributed by atoms with van der Waals surface area (Å²) in [5.74, 6) is 0.764. The van der Waals surface area contributed by atoms with E-state index in [1.807, 2.05) is 18.2 Å². The van der Waals surface area contributed by atoms with E-state index in [2.05, 4.69) is 52.3 Å². The van der Waals surface area contributed by atoms with E-state index in [9.17, 15) is 5.11 Å². The van der Waals surface area contributed by atoms with E-state index in [4.69, 9.17) is 0 Å². The summed E-state index contributed by atoms with van der Waals surface area (Å²) in [4.78, 5) is 5.06. The second-order valence-electron chi connectivity index (χ2n) is 8.09. The van der Waals surface area contributed by atoms with Crippen molar-refractivity contribution in [2.24, 2.45) is 5.92 Å². The molecule has 0 spiro atoms. The van der Waals surface area contributed by atoms with Crippen molar-refractivity contribution in [2.45, 2.75) is 31.4 Å². The van der Waals surface area contributed by atoms with Crippen LogP contribution in [0.2, 0.25) is 0 Å². The SMILES string of the molecule is OC1(c2ccccc2)CCN(CC2CCN(Cc3ccccc3)CC2)C1. The molecule has 0 aliphatic carbocycles. The van der Waals surface area contributed by atoms with E-state index in [0.717, 1.165) is 44.1 Å². The zero-order valence-electron chi connectivity index (χ0n) is 15.6. The molecule has 2 aromatic carbocycles. The molecule has 26 heavy (non-hydrogen) atoms. The number of benzene rings is 2. The minimum absolute atomic E-state index is 0.657. The fraction of sp³-hybridized carbons (Fsp3) is 0.478. The van der Waals surface area contributed by atoms with E-state index in [1.165, 1.54) is 31.5 Å². The Kier molecular flexibility index (Phi) is 5.39. The topological polar surface area (TPSA) is 26.7 Å². The normalized spacial score (nSPS) is 25.6. The first-order valence-corrected chi connectivity index (χ1v) is 9.98. The molecule has 2 saturated heterocycles. The summed E-state index contributed by atoms with van der Waals surface area (Å²) in [6.45, 7) is 6.38. The molecule has 4 rings (SSSR count). The maximum atomic E-state index is 11.0. The zero-order chi connectivity index (χ0) is 17.8. The third-order valence-electron chi connectivity index (χ3n) is 6.11. The van der Waals surface area contributed by atoms with Gasteiger partial charge in [-0.2, -0.15) is 0 Å². The van der Waals surface area contributed by atoms with Crippen molar-refractivity contribution in [1.29, 1.82) is 0 Å². The summed E-state index contributed by atoms with van der Waals surface area (Å²) < 4.78 is 0. The van der Waals surface area contributed by atoms with Crippen molar-refractivity contribution in [3.63, 3.8) is 0 Å². The molecule has 1 N–H and O–H groups in total. The lowest BCUT2D eigenvalue weighted by Crippen LogP contribution is -2.39. The molecule has 0 bridgehead atoms. The van der Waals surface area contributed by atoms with Gasteiger partial charge >= 0.3 is 0 Å². The number of rotatable bonds is 5. The smallest absolute Gasteiger partial charge is 0.103 e. The Morgan fingerprint density at radius 2 is 1.50 bits per heavy atom. The van der Waals surface area contributed by atoms with Crippen LogP contribution < -0.4 is 0 Å². The van der Waals surface area contributed by atoms with Crippen LogP contribution in [0, 0.1) is 5.92 Å². The maximum Gasteiger partial charge on any atom is 0.103 e. The Morgan fingerprint density at radius 3 is 2.19 bits per heavy atom. The number of aliphatic hydroxyl groups is 1. The molecule has 1 atom stereocenters. The molecule has 2 fully saturated rings. The number of hydrogen-bond donors (Lipinski definition) is 1. The van der Waals surface area contributed by atoms with Crippen LogP contribution in [0.4, 0.5) is 0 Å². The molecule has 2 aromatic rings. The van der Waals surface area contributed by atoms with Gasteiger partial charge in [0.25, 0.3) is 0 Å². The van der Waals surface area contributed by atoms with Crippen molar-refractivity contribution < 1.29 is 5.11 Å². The van der Waals surface area contributed by atoms with Crippen LogP contribution >= 0.6 is 0 Å². The van der Waals surface area contributed by atoms with Gasteiger partial charge in [-0.1, -0.05) is 60.7 Å². The summed E-state index contributed by atoms with van der Waals surface area (Å²) in [6.07, 6.45) is 3.39. The summed E-state index contributed by atoms with van der Waals surface area (Å²) in [5, 5.41) is 11.0. The molecule has 0 aromatic heterocycles. The molecule has 0 radical (unpaired) electrons. The van der Waals surface area contributed by atoms with Gasteiger partial charge in [0.05, 0.1) is 0 Å². The van der Waals surface area contributed by atoms with E-state index in [-0.39, 0.29) is 0 Å². The first-order valence-electron chi connectivity index (χ1n) is 9.98. The summed E-state index contributed by atoms with van der Waals surface area (Å²) in [6, 6.07) is 21.0. The van der Waals surface area contributed by atoms with Crippen molar-refractivity contribution in [3.8, 4) is 0 Å². The lowest BCUT2D eigenvalue weighted by atomic mass is 9.93. The Bertz CT molecular complexity index is 682. The molecule has 1 unspecified atom stereocenters. The van der Waals surface area contributed by atoms with Crippen LogP contribution in [-0.2, 0) is 12.1 Å². The predicted octanol–water partition coefficient (Wildman–Crippen LogP) is 3.49. The van der Waals surface area contributed by atoms with Crippen LogP contribution in [0.25, 0.3) is 0 Å². The largest absolute Gasteiger partial charge is 0.384 e. The Morgan fingerprint density at radius 1 is 0.846 bits per heavy atom. The highest BCUT2D eigenvalue weighted by molar-refractivity contribution is 5.24. The number of β-amino-alcohol motifs (C(OH)–C–C–N with tert-alkyl or cyclic N) is 1. The van der Waals surface area contributed by atoms with Gasteiger partial charge in [-0.05, 0) is 49.4 Å². The number of hydrogen-bond acceptors (Lipinski definition) is 3. The predicted molar refractivity (Wildman–Crippen MR) is 106 cm³/mol. The van der Waals surface area contributed by atoms with Gasteiger partial charge in [-0.25, -0.2) is 0 Å². The van der Waals surface area contributed by atoms with Gasteiger partial charge in [-0.15, -0.1) is 0 Å². The molecular formula is C23H30N2O. The summed E-state index contributed by atoms with van der Waals surface area (Å²) in [5.41, 5.74) is 1.83. The third-order valence-corrected chi connectivity index (χ3v) is 6.11. The van der Waals surface area contributed by atoms with Crippen molar-refractivity contribution in [1.82, 2.24) is 9.80 Å². The highest BCUT2D eigenvalue weighted by atomic mass is 16.3. The van der Waals surface area contributed by atoms with E-state index >= 15 is 0 Å². The minimum atomic E-state index is -0.657. The molecular weight excluding hydrogens is 320 g/mol. The van der Waals surface area contributed by atoms with Crippen LogP contribution in [-0.4, -0.2) is 47.6 Å². The van der Waals surface area contributed by atoms with Gasteiger partial charge in [0.2, 0.25) is 0 Å². The standard InChI is InChI=1S/C23H30N2O/c26-23(22-9-5-2-6-10-22)13-16-25(19-23)18-21-11-14-24(15-12-21)17-20-7-3-1-4-8-20/h1-10,21,26H,11-19H2. The van der Waals surface area contributed by atoms with Crippen molar-refractivity contribution in [2.75, 3.05) is 32.7 Å². The van der Waals surface area contributed by atoms with Crippen LogP contribution in [0.1, 0.15) is 30.4 Å². The van der Waals surface area contributed by atoms with Gasteiger partial charge in [-0.3, -0.25) is 9.80 Å². The summed E-state index contributed by atoms with van der Waals surface area (Å²) in [7, 11) is 0. The highest BCUT2D eigenvalue weighted by Crippen LogP contribution is 2.33. The van der Waals surface area contributed by atoms with Crippen LogP contribution in [0.15, 0.2) is 60.7 Å². The second-order valence-corrected chi connectivity index (χ2v) is 8.09. The fourth-order valence-corrected chi connectivity index (χ4v) is 4.54. The van der Waals surface area contributed by atoms with Gasteiger partial charge < -0.3 is 5.11 Å². The lowest BCUT2D eigenvalue weighted by molar-refractivity contribution is 0.0422. The van der Waals surface area contributed by atoms with E-state index in [0.29, 0.717) is 0 Å². The third kappa shape index (κ3) is 4.17. The summed E-state index contributed by atoms with van der Waals surface area (Å²) >= 11 is 0. The maximum absolute atomic E-state index is 11.0. The van der Waals surface area contributed by atoms with Crippen molar-refractivity contribution >= 4 is 0 Å². The number of likely N-dealkylation sites (tertiary alicyclic amines) is 2. The molecule has 2 heterocycles. The minimum Gasteiger partial charge on any atom is -0.384 e. The quantitative estimate of drug-likeness (QED) is 0.894. The van der Waals surface area contributed by atoms with Gasteiger partial charge in [0, 0.05) is 26.2 Å². The van der Waals surface area contributed by atoms with Crippen molar-refractivity contribution in [3.05, 3.63) is 71.8 Å². The Balaban J connectivity index is 1.25. The Hall–Kier alpha value is -1.68. The first-order chi connectivity index (χ1) is 12.7. The zero-order valence-corrected chi connectivity index (χ0v) is 15.6. The molecule has 2 aliphatic heterocycles. The first kappa shape index (κ1) is 17.7. The van der Waals surface area contributed by atoms with E-state index in [1.54, 1.807) is 0 Å². The van der Waals surface area contributed by atoms with E-state index < -0.39 is 5.60 Å². The monoisotopic (exact) mass is 350 g/mol. The molecule has 138 valence electrons. The van der Waals surface area contributed by atoms with Crippen LogP contribution in [0.5, 0.6) is 0 Å². The highest BCUT2D eigenvalue weighted by Gasteiger charge is 2.38. The molecule has 3 nitrogen and oxygen atoms in total. The van der Waals surface area contributed by atoms with Crippen LogP contribution in [0.3, 0.4) is 0 Å². The second kappa shape index (κ2) is 7.91. The van der Waals surface area contributed by atoms with Gasteiger partial charge in [0.15, 0.2) is 0 Å². The molecule has 2 aliphatic rings. The fourth-order valence-electron chi connectivity index (χ4n) is 4.54. The lowest BCUT2D eigenvalue weighted by Gasteiger charge is -2.34. The number of piperidine rings is 1.